The third-order valence-electron chi connectivity index (χ3n) is 3.17. The van der Waals surface area contributed by atoms with Crippen molar-refractivity contribution >= 4 is 21.8 Å². The van der Waals surface area contributed by atoms with E-state index in [4.69, 9.17) is 0 Å². The van der Waals surface area contributed by atoms with Gasteiger partial charge in [0.05, 0.1) is 4.47 Å². The summed E-state index contributed by atoms with van der Waals surface area (Å²) < 4.78 is 1.14. The molecular formula is C11H15BrN4O3. The summed E-state index contributed by atoms with van der Waals surface area (Å²) in [5.41, 5.74) is -1.07. The highest BCUT2D eigenvalue weighted by molar-refractivity contribution is 9.10. The minimum Gasteiger partial charge on any atom is -0.339 e. The van der Waals surface area contributed by atoms with Crippen LogP contribution in [0.25, 0.3) is 0 Å². The lowest BCUT2D eigenvalue weighted by Gasteiger charge is -2.32. The number of aromatic amines is 1. The van der Waals surface area contributed by atoms with Gasteiger partial charge >= 0.3 is 5.69 Å². The number of halogens is 1. The van der Waals surface area contributed by atoms with E-state index in [1.54, 1.807) is 4.90 Å². The first kappa shape index (κ1) is 14.0. The van der Waals surface area contributed by atoms with Crippen molar-refractivity contribution in [2.24, 2.45) is 0 Å². The van der Waals surface area contributed by atoms with Crippen LogP contribution in [0.3, 0.4) is 0 Å². The minimum absolute atomic E-state index is 0.209. The van der Waals surface area contributed by atoms with Gasteiger partial charge in [-0.3, -0.25) is 9.59 Å². The van der Waals surface area contributed by atoms with Gasteiger partial charge in [0.25, 0.3) is 5.56 Å². The summed E-state index contributed by atoms with van der Waals surface area (Å²) >= 11 is 3.04. The molecule has 2 rings (SSSR count). The standard InChI is InChI=1S/C11H15BrN4O3/c1-14-2-4-15(5-3-14)9(17)7-16-10(18)8(12)6-13-11(16)19/h6H,2-5,7H2,1H3,(H,13,19). The van der Waals surface area contributed by atoms with E-state index in [1.165, 1.54) is 6.20 Å². The summed E-state index contributed by atoms with van der Waals surface area (Å²) in [6, 6.07) is 0. The van der Waals surface area contributed by atoms with Crippen molar-refractivity contribution in [2.45, 2.75) is 6.54 Å². The summed E-state index contributed by atoms with van der Waals surface area (Å²) in [6.07, 6.45) is 1.28. The Morgan fingerprint density at radius 2 is 1.95 bits per heavy atom. The maximum Gasteiger partial charge on any atom is 0.328 e. The molecule has 1 N–H and O–H groups in total. The fraction of sp³-hybridized carbons (Fsp3) is 0.545. The number of rotatable bonds is 2. The summed E-state index contributed by atoms with van der Waals surface area (Å²) in [7, 11) is 1.99. The molecule has 1 aromatic rings. The van der Waals surface area contributed by atoms with Crippen LogP contribution in [-0.2, 0) is 11.3 Å². The van der Waals surface area contributed by atoms with Crippen LogP contribution in [0, 0.1) is 0 Å². The van der Waals surface area contributed by atoms with Crippen LogP contribution in [0.1, 0.15) is 0 Å². The highest BCUT2D eigenvalue weighted by Gasteiger charge is 2.20. The van der Waals surface area contributed by atoms with Crippen LogP contribution < -0.4 is 11.2 Å². The maximum atomic E-state index is 12.1. The number of hydrogen-bond donors (Lipinski definition) is 1. The number of H-pyrrole nitrogens is 1. The smallest absolute Gasteiger partial charge is 0.328 e. The van der Waals surface area contributed by atoms with Gasteiger partial charge in [0, 0.05) is 32.4 Å². The van der Waals surface area contributed by atoms with Gasteiger partial charge in [-0.1, -0.05) is 0 Å². The van der Waals surface area contributed by atoms with E-state index in [1.807, 2.05) is 7.05 Å². The van der Waals surface area contributed by atoms with Crippen molar-refractivity contribution in [1.29, 1.82) is 0 Å². The largest absolute Gasteiger partial charge is 0.339 e. The molecule has 0 saturated carbocycles. The lowest BCUT2D eigenvalue weighted by Crippen LogP contribution is -2.50. The molecule has 1 saturated heterocycles. The first-order chi connectivity index (χ1) is 8.99. The number of hydrogen-bond acceptors (Lipinski definition) is 4. The topological polar surface area (TPSA) is 78.4 Å². The van der Waals surface area contributed by atoms with E-state index >= 15 is 0 Å². The first-order valence-corrected chi connectivity index (χ1v) is 6.72. The van der Waals surface area contributed by atoms with Crippen molar-refractivity contribution in [2.75, 3.05) is 33.2 Å². The Morgan fingerprint density at radius 3 is 2.58 bits per heavy atom. The summed E-state index contributed by atoms with van der Waals surface area (Å²) in [6.45, 7) is 2.62. The number of piperazine rings is 1. The predicted octanol–water partition coefficient (Wildman–Crippen LogP) is -0.927. The molecule has 0 radical (unpaired) electrons. The third kappa shape index (κ3) is 3.13. The number of aromatic nitrogens is 2. The summed E-state index contributed by atoms with van der Waals surface area (Å²) in [5.74, 6) is -0.209. The highest BCUT2D eigenvalue weighted by Crippen LogP contribution is 2.01. The second-order valence-corrected chi connectivity index (χ2v) is 5.37. The second-order valence-electron chi connectivity index (χ2n) is 4.52. The lowest BCUT2D eigenvalue weighted by molar-refractivity contribution is -0.133. The lowest BCUT2D eigenvalue weighted by atomic mass is 10.3. The normalized spacial score (nSPS) is 16.6. The molecule has 1 aliphatic heterocycles. The number of likely N-dealkylation sites (N-methyl/N-ethyl adjacent to an activating group) is 1. The van der Waals surface area contributed by atoms with Crippen LogP contribution in [0.2, 0.25) is 0 Å². The van der Waals surface area contributed by atoms with Gasteiger partial charge in [-0.25, -0.2) is 9.36 Å². The average molecular weight is 331 g/mol. The van der Waals surface area contributed by atoms with Gasteiger partial charge < -0.3 is 14.8 Å². The van der Waals surface area contributed by atoms with E-state index in [-0.39, 0.29) is 16.9 Å². The van der Waals surface area contributed by atoms with Gasteiger partial charge in [-0.15, -0.1) is 0 Å². The molecule has 0 unspecified atom stereocenters. The fourth-order valence-corrected chi connectivity index (χ4v) is 2.25. The van der Waals surface area contributed by atoms with Crippen molar-refractivity contribution in [3.63, 3.8) is 0 Å². The van der Waals surface area contributed by atoms with E-state index in [2.05, 4.69) is 25.8 Å². The molecule has 0 spiro atoms. The number of carbonyl (C=O) groups excluding carboxylic acids is 1. The fourth-order valence-electron chi connectivity index (χ4n) is 1.92. The summed E-state index contributed by atoms with van der Waals surface area (Å²) in [5, 5.41) is 0. The molecular weight excluding hydrogens is 316 g/mol. The van der Waals surface area contributed by atoms with Crippen LogP contribution in [0.15, 0.2) is 20.3 Å². The zero-order valence-corrected chi connectivity index (χ0v) is 12.1. The molecule has 7 nitrogen and oxygen atoms in total. The average Bonchev–Trinajstić information content (AvgIpc) is 2.40. The molecule has 104 valence electrons. The molecule has 1 aromatic heterocycles. The molecule has 19 heavy (non-hydrogen) atoms. The van der Waals surface area contributed by atoms with E-state index < -0.39 is 11.2 Å². The zero-order valence-electron chi connectivity index (χ0n) is 10.6. The number of nitrogens with one attached hydrogen (secondary N) is 1. The van der Waals surface area contributed by atoms with Crippen LogP contribution in [-0.4, -0.2) is 58.5 Å². The monoisotopic (exact) mass is 330 g/mol. The quantitative estimate of drug-likeness (QED) is 0.760. The van der Waals surface area contributed by atoms with Crippen molar-refractivity contribution in [3.8, 4) is 0 Å². The van der Waals surface area contributed by atoms with Crippen LogP contribution in [0.5, 0.6) is 0 Å². The van der Waals surface area contributed by atoms with Crippen molar-refractivity contribution in [1.82, 2.24) is 19.4 Å². The van der Waals surface area contributed by atoms with Gasteiger partial charge in [0.2, 0.25) is 5.91 Å². The molecule has 1 fully saturated rings. The highest BCUT2D eigenvalue weighted by atomic mass is 79.9. The van der Waals surface area contributed by atoms with Crippen molar-refractivity contribution in [3.05, 3.63) is 31.5 Å². The molecule has 0 bridgehead atoms. The molecule has 0 atom stereocenters. The maximum absolute atomic E-state index is 12.1. The van der Waals surface area contributed by atoms with Crippen LogP contribution >= 0.6 is 15.9 Å². The Labute approximate surface area is 118 Å². The van der Waals surface area contributed by atoms with E-state index in [9.17, 15) is 14.4 Å². The number of amides is 1. The van der Waals surface area contributed by atoms with Crippen LogP contribution in [0.4, 0.5) is 0 Å². The van der Waals surface area contributed by atoms with Crippen molar-refractivity contribution < 1.29 is 4.79 Å². The first-order valence-electron chi connectivity index (χ1n) is 5.93. The van der Waals surface area contributed by atoms with Gasteiger partial charge in [-0.2, -0.15) is 0 Å². The minimum atomic E-state index is -0.573. The van der Waals surface area contributed by atoms with E-state index in [0.29, 0.717) is 13.1 Å². The summed E-state index contributed by atoms with van der Waals surface area (Å²) in [4.78, 5) is 41.6. The zero-order chi connectivity index (χ0) is 14.0. The Morgan fingerprint density at radius 1 is 1.32 bits per heavy atom. The Balaban J connectivity index is 2.14. The Kier molecular flexibility index (Phi) is 4.20. The molecule has 2 heterocycles. The Bertz CT molecular complexity index is 586. The van der Waals surface area contributed by atoms with E-state index in [0.717, 1.165) is 17.7 Å². The van der Waals surface area contributed by atoms with Gasteiger partial charge in [-0.05, 0) is 23.0 Å². The number of nitrogens with zero attached hydrogens (tertiary/aromatic N) is 3. The van der Waals surface area contributed by atoms with Gasteiger partial charge in [0.15, 0.2) is 0 Å². The molecule has 8 heteroatoms. The molecule has 0 aromatic carbocycles. The number of carbonyl (C=O) groups is 1. The SMILES string of the molecule is CN1CCN(C(=O)Cn2c(=O)[nH]cc(Br)c2=O)CC1. The molecule has 1 aliphatic rings. The second kappa shape index (κ2) is 5.70. The van der Waals surface area contributed by atoms with Gasteiger partial charge in [0.1, 0.15) is 6.54 Å². The molecule has 1 amide bonds. The Hall–Kier alpha value is -1.41. The third-order valence-corrected chi connectivity index (χ3v) is 3.73. The predicted molar refractivity (Wildman–Crippen MR) is 73.1 cm³/mol. The molecule has 0 aliphatic carbocycles.